The van der Waals surface area contributed by atoms with Crippen molar-refractivity contribution in [1.82, 2.24) is 5.32 Å². The molecule has 2 aromatic rings. The molecule has 0 spiro atoms. The summed E-state index contributed by atoms with van der Waals surface area (Å²) in [4.78, 5) is 1.25. The zero-order chi connectivity index (χ0) is 13.8. The fourth-order valence-corrected chi connectivity index (χ4v) is 3.19. The van der Waals surface area contributed by atoms with Crippen LogP contribution in [0.4, 0.5) is 4.39 Å². The molecular formula is C16H20FNS. The van der Waals surface area contributed by atoms with Gasteiger partial charge in [-0.2, -0.15) is 0 Å². The van der Waals surface area contributed by atoms with Gasteiger partial charge in [-0.3, -0.25) is 0 Å². The highest BCUT2D eigenvalue weighted by molar-refractivity contribution is 7.19. The van der Waals surface area contributed by atoms with Crippen LogP contribution in [0.2, 0.25) is 0 Å². The molecule has 0 fully saturated rings. The predicted octanol–water partition coefficient (Wildman–Crippen LogP) is 5.05. The van der Waals surface area contributed by atoms with E-state index in [0.717, 1.165) is 23.1 Å². The van der Waals surface area contributed by atoms with Crippen molar-refractivity contribution in [2.75, 3.05) is 6.54 Å². The molecule has 1 heterocycles. The molecule has 0 radical (unpaired) electrons. The van der Waals surface area contributed by atoms with Crippen LogP contribution >= 0.6 is 11.3 Å². The third-order valence-corrected chi connectivity index (χ3v) is 4.10. The lowest BCUT2D eigenvalue weighted by Crippen LogP contribution is -2.19. The molecule has 1 aromatic heterocycles. The predicted molar refractivity (Wildman–Crippen MR) is 82.2 cm³/mol. The Balaban J connectivity index is 2.35. The van der Waals surface area contributed by atoms with E-state index in [1.165, 1.54) is 16.5 Å². The van der Waals surface area contributed by atoms with Crippen LogP contribution in [-0.2, 0) is 0 Å². The van der Waals surface area contributed by atoms with Crippen LogP contribution < -0.4 is 5.32 Å². The summed E-state index contributed by atoms with van der Waals surface area (Å²) in [5, 5.41) is 4.65. The van der Waals surface area contributed by atoms with Crippen molar-refractivity contribution in [2.24, 2.45) is 0 Å². The molecule has 0 saturated carbocycles. The Labute approximate surface area is 118 Å². The van der Waals surface area contributed by atoms with Gasteiger partial charge in [-0.1, -0.05) is 24.6 Å². The molecule has 1 N–H and O–H groups in total. The Morgan fingerprint density at radius 3 is 2.84 bits per heavy atom. The first kappa shape index (κ1) is 14.2. The molecule has 1 nitrogen and oxygen atoms in total. The zero-order valence-electron chi connectivity index (χ0n) is 11.7. The number of halogens is 1. The van der Waals surface area contributed by atoms with Crippen LogP contribution in [0, 0.1) is 5.82 Å². The molecule has 0 aliphatic heterocycles. The minimum atomic E-state index is -0.166. The van der Waals surface area contributed by atoms with E-state index in [-0.39, 0.29) is 11.9 Å². The van der Waals surface area contributed by atoms with Crippen LogP contribution in [0.25, 0.3) is 10.1 Å². The number of rotatable bonds is 5. The normalized spacial score (nSPS) is 12.6. The molecule has 2 rings (SSSR count). The third-order valence-electron chi connectivity index (χ3n) is 2.92. The summed E-state index contributed by atoms with van der Waals surface area (Å²) in [5.74, 6) is -0.166. The van der Waals surface area contributed by atoms with E-state index in [1.54, 1.807) is 17.4 Å². The largest absolute Gasteiger partial charge is 0.306 e. The third kappa shape index (κ3) is 3.64. The first-order valence-electron chi connectivity index (χ1n) is 6.67. The first-order valence-corrected chi connectivity index (χ1v) is 7.49. The van der Waals surface area contributed by atoms with Crippen molar-refractivity contribution in [3.05, 3.63) is 46.6 Å². The second-order valence-electron chi connectivity index (χ2n) is 5.01. The molecule has 3 heteroatoms. The Hall–Kier alpha value is -1.19. The minimum Gasteiger partial charge on any atom is -0.306 e. The Morgan fingerprint density at radius 2 is 2.16 bits per heavy atom. The Kier molecular flexibility index (Phi) is 4.72. The molecule has 0 bridgehead atoms. The summed E-state index contributed by atoms with van der Waals surface area (Å²) >= 11 is 1.66. The van der Waals surface area contributed by atoms with Crippen molar-refractivity contribution < 1.29 is 4.39 Å². The minimum absolute atomic E-state index is 0.166. The highest BCUT2D eigenvalue weighted by Crippen LogP contribution is 2.31. The number of thiophene rings is 1. The quantitative estimate of drug-likeness (QED) is 0.754. The van der Waals surface area contributed by atoms with Crippen LogP contribution in [-0.4, -0.2) is 6.54 Å². The Morgan fingerprint density at radius 1 is 1.37 bits per heavy atom. The number of fused-ring (bicyclic) bond motifs is 1. The van der Waals surface area contributed by atoms with E-state index < -0.39 is 0 Å². The van der Waals surface area contributed by atoms with E-state index in [2.05, 4.69) is 38.2 Å². The monoisotopic (exact) mass is 277 g/mol. The van der Waals surface area contributed by atoms with Gasteiger partial charge >= 0.3 is 0 Å². The lowest BCUT2D eigenvalue weighted by atomic mass is 10.1. The second-order valence-corrected chi connectivity index (χ2v) is 6.12. The van der Waals surface area contributed by atoms with Gasteiger partial charge in [0.25, 0.3) is 0 Å². The standard InChI is InChI=1S/C16H20FNS/c1-4-7-18-14(8-11(2)3)16-9-12-5-6-13(17)10-15(12)19-16/h5-6,8-10,14,18H,4,7H2,1-3H3. The molecular weight excluding hydrogens is 257 g/mol. The number of hydrogen-bond donors (Lipinski definition) is 1. The summed E-state index contributed by atoms with van der Waals surface area (Å²) in [6.07, 6.45) is 3.34. The molecule has 19 heavy (non-hydrogen) atoms. The fraction of sp³-hybridized carbons (Fsp3) is 0.375. The van der Waals surface area contributed by atoms with E-state index in [0.29, 0.717) is 0 Å². The van der Waals surface area contributed by atoms with Crippen LogP contribution in [0.5, 0.6) is 0 Å². The van der Waals surface area contributed by atoms with E-state index in [4.69, 9.17) is 0 Å². The van der Waals surface area contributed by atoms with E-state index >= 15 is 0 Å². The van der Waals surface area contributed by atoms with Gasteiger partial charge in [0, 0.05) is 9.58 Å². The summed E-state index contributed by atoms with van der Waals surface area (Å²) in [5.41, 5.74) is 1.29. The number of allylic oxidation sites excluding steroid dienone is 1. The number of hydrogen-bond acceptors (Lipinski definition) is 2. The van der Waals surface area contributed by atoms with Crippen molar-refractivity contribution in [3.8, 4) is 0 Å². The molecule has 0 aliphatic rings. The first-order chi connectivity index (χ1) is 9.10. The highest BCUT2D eigenvalue weighted by atomic mass is 32.1. The van der Waals surface area contributed by atoms with Gasteiger partial charge in [0.1, 0.15) is 5.82 Å². The van der Waals surface area contributed by atoms with Gasteiger partial charge in [-0.05, 0) is 50.4 Å². The lowest BCUT2D eigenvalue weighted by molar-refractivity contribution is 0.617. The van der Waals surface area contributed by atoms with Gasteiger partial charge in [-0.25, -0.2) is 4.39 Å². The number of benzene rings is 1. The summed E-state index contributed by atoms with van der Waals surface area (Å²) < 4.78 is 14.3. The molecule has 0 saturated heterocycles. The van der Waals surface area contributed by atoms with Gasteiger partial charge in [-0.15, -0.1) is 11.3 Å². The molecule has 102 valence electrons. The fourth-order valence-electron chi connectivity index (χ4n) is 2.05. The Bertz CT molecular complexity index is 581. The SMILES string of the molecule is CCCNC(C=C(C)C)c1cc2ccc(F)cc2s1. The van der Waals surface area contributed by atoms with E-state index in [1.807, 2.05) is 6.07 Å². The van der Waals surface area contributed by atoms with Crippen LogP contribution in [0.3, 0.4) is 0 Å². The topological polar surface area (TPSA) is 12.0 Å². The molecule has 0 amide bonds. The van der Waals surface area contributed by atoms with Gasteiger partial charge in [0.05, 0.1) is 6.04 Å². The molecule has 1 unspecified atom stereocenters. The summed E-state index contributed by atoms with van der Waals surface area (Å²) in [6, 6.07) is 7.37. The van der Waals surface area contributed by atoms with Gasteiger partial charge in [0.2, 0.25) is 0 Å². The van der Waals surface area contributed by atoms with Crippen LogP contribution in [0.15, 0.2) is 35.9 Å². The van der Waals surface area contributed by atoms with Gasteiger partial charge < -0.3 is 5.32 Å². The van der Waals surface area contributed by atoms with E-state index in [9.17, 15) is 4.39 Å². The number of nitrogens with one attached hydrogen (secondary N) is 1. The smallest absolute Gasteiger partial charge is 0.124 e. The van der Waals surface area contributed by atoms with Gasteiger partial charge in [0.15, 0.2) is 0 Å². The average molecular weight is 277 g/mol. The van der Waals surface area contributed by atoms with Crippen molar-refractivity contribution in [1.29, 1.82) is 0 Å². The molecule has 1 atom stereocenters. The maximum atomic E-state index is 13.2. The second kappa shape index (κ2) is 6.31. The average Bonchev–Trinajstić information content (AvgIpc) is 2.76. The van der Waals surface area contributed by atoms with Crippen molar-refractivity contribution in [2.45, 2.75) is 33.2 Å². The maximum absolute atomic E-state index is 13.2. The maximum Gasteiger partial charge on any atom is 0.124 e. The summed E-state index contributed by atoms with van der Waals surface area (Å²) in [7, 11) is 0. The zero-order valence-corrected chi connectivity index (χ0v) is 12.5. The van der Waals surface area contributed by atoms with Crippen molar-refractivity contribution >= 4 is 21.4 Å². The highest BCUT2D eigenvalue weighted by Gasteiger charge is 2.11. The molecule has 1 aromatic carbocycles. The summed E-state index contributed by atoms with van der Waals surface area (Å²) in [6.45, 7) is 7.35. The van der Waals surface area contributed by atoms with Crippen molar-refractivity contribution in [3.63, 3.8) is 0 Å². The van der Waals surface area contributed by atoms with Crippen LogP contribution in [0.1, 0.15) is 38.1 Å². The lowest BCUT2D eigenvalue weighted by Gasteiger charge is -2.13. The molecule has 0 aliphatic carbocycles.